The molecule has 5 nitrogen and oxygen atoms in total. The van der Waals surface area contributed by atoms with Crippen LogP contribution in [0.1, 0.15) is 33.7 Å². The molecule has 4 rings (SSSR count). The molecule has 1 aliphatic heterocycles. The molecule has 0 saturated heterocycles. The molecule has 0 bridgehead atoms. The molecule has 1 aliphatic rings. The van der Waals surface area contributed by atoms with E-state index in [0.29, 0.717) is 17.4 Å². The van der Waals surface area contributed by atoms with Crippen LogP contribution in [-0.2, 0) is 0 Å². The summed E-state index contributed by atoms with van der Waals surface area (Å²) in [5, 5.41) is 0. The fraction of sp³-hybridized carbons (Fsp3) is 0.0909. The van der Waals surface area contributed by atoms with Crippen LogP contribution in [0.15, 0.2) is 49.6 Å². The molecule has 2 heterocycles. The molecule has 0 amide bonds. The Morgan fingerprint density at radius 1 is 1.18 bits per heavy atom. The topological polar surface area (TPSA) is 73.2 Å². The summed E-state index contributed by atoms with van der Waals surface area (Å²) in [5.74, 6) is 2.13. The first-order chi connectivity index (χ1) is 13.6. The highest BCUT2D eigenvalue weighted by molar-refractivity contribution is 7.71. The maximum absolute atomic E-state index is 6.31. The van der Waals surface area contributed by atoms with Crippen molar-refractivity contribution in [3.8, 4) is 17.4 Å². The maximum Gasteiger partial charge on any atom is 0.229 e. The lowest BCUT2D eigenvalue weighted by atomic mass is 9.82. The zero-order valence-corrected chi connectivity index (χ0v) is 16.2. The first kappa shape index (κ1) is 18.0. The average Bonchev–Trinajstić information content (AvgIpc) is 2.71. The Labute approximate surface area is 168 Å². The zero-order chi connectivity index (χ0) is 19.8. The number of hydrogen-bond acceptors (Lipinski definition) is 5. The summed E-state index contributed by atoms with van der Waals surface area (Å²) in [6.07, 6.45) is 3.54. The number of hydrogen-bond donors (Lipinski definition) is 2. The Bertz CT molecular complexity index is 1150. The van der Waals surface area contributed by atoms with E-state index in [1.807, 2.05) is 36.4 Å². The molecule has 0 aliphatic carbocycles. The van der Waals surface area contributed by atoms with Gasteiger partial charge < -0.3 is 20.2 Å². The minimum atomic E-state index is -0.179. The van der Waals surface area contributed by atoms with Crippen molar-refractivity contribution >= 4 is 30.2 Å². The Morgan fingerprint density at radius 2 is 1.93 bits per heavy atom. The second-order valence-electron chi connectivity index (χ2n) is 6.38. The summed E-state index contributed by atoms with van der Waals surface area (Å²) < 4.78 is 11.7. The number of nitrogens with one attached hydrogen (secondary N) is 1. The van der Waals surface area contributed by atoms with Crippen LogP contribution in [0.4, 0.5) is 5.82 Å². The molecule has 0 spiro atoms. The number of nitrogens with zero attached hydrogens (tertiary/aromatic N) is 1. The lowest BCUT2D eigenvalue weighted by Crippen LogP contribution is -2.17. The van der Waals surface area contributed by atoms with Crippen LogP contribution in [0, 0.1) is 4.77 Å². The number of benzene rings is 2. The van der Waals surface area contributed by atoms with Crippen molar-refractivity contribution in [3.05, 3.63) is 82.1 Å². The van der Waals surface area contributed by atoms with Crippen LogP contribution in [0.2, 0.25) is 0 Å². The van der Waals surface area contributed by atoms with E-state index in [4.69, 9.17) is 27.4 Å². The van der Waals surface area contributed by atoms with Gasteiger partial charge in [0.2, 0.25) is 10.7 Å². The summed E-state index contributed by atoms with van der Waals surface area (Å²) in [4.78, 5) is 7.33. The predicted octanol–water partition coefficient (Wildman–Crippen LogP) is 5.30. The molecule has 3 aromatic rings. The summed E-state index contributed by atoms with van der Waals surface area (Å²) in [7, 11) is 1.64. The minimum Gasteiger partial charge on any atom is -0.497 e. The van der Waals surface area contributed by atoms with Gasteiger partial charge in [0.1, 0.15) is 17.3 Å². The van der Waals surface area contributed by atoms with Gasteiger partial charge in [0.25, 0.3) is 0 Å². The average molecular weight is 389 g/mol. The van der Waals surface area contributed by atoms with Crippen LogP contribution in [0.5, 0.6) is 17.4 Å². The third kappa shape index (κ3) is 2.78. The maximum atomic E-state index is 6.31. The van der Waals surface area contributed by atoms with Crippen LogP contribution in [-0.4, -0.2) is 17.1 Å². The molecule has 1 atom stereocenters. The van der Waals surface area contributed by atoms with Crippen molar-refractivity contribution in [2.75, 3.05) is 12.8 Å². The Morgan fingerprint density at radius 3 is 2.57 bits per heavy atom. The molecule has 3 N–H and O–H groups in total. The molecule has 0 fully saturated rings. The fourth-order valence-electron chi connectivity index (χ4n) is 3.59. The monoisotopic (exact) mass is 389 g/mol. The van der Waals surface area contributed by atoms with Crippen LogP contribution in [0.25, 0.3) is 12.2 Å². The van der Waals surface area contributed by atoms with Gasteiger partial charge in [0, 0.05) is 17.0 Å². The Hall–Kier alpha value is -3.38. The summed E-state index contributed by atoms with van der Waals surface area (Å²) in [6, 6.07) is 11.9. The number of aromatic amines is 1. The number of rotatable bonds is 4. The number of ether oxygens (including phenoxy) is 2. The summed E-state index contributed by atoms with van der Waals surface area (Å²) in [5.41, 5.74) is 10.9. The van der Waals surface area contributed by atoms with Crippen molar-refractivity contribution < 1.29 is 9.47 Å². The van der Waals surface area contributed by atoms with E-state index in [1.165, 1.54) is 0 Å². The highest BCUT2D eigenvalue weighted by Crippen LogP contribution is 2.50. The second-order valence-corrected chi connectivity index (χ2v) is 6.76. The number of aromatic nitrogens is 2. The molecular weight excluding hydrogens is 370 g/mol. The van der Waals surface area contributed by atoms with Gasteiger partial charge in [-0.05, 0) is 35.5 Å². The number of nitrogen functional groups attached to an aromatic ring is 1. The van der Waals surface area contributed by atoms with Gasteiger partial charge in [-0.2, -0.15) is 4.98 Å². The summed E-state index contributed by atoms with van der Waals surface area (Å²) in [6.45, 7) is 7.83. The zero-order valence-electron chi connectivity index (χ0n) is 15.4. The summed E-state index contributed by atoms with van der Waals surface area (Å²) >= 11 is 5.20. The highest BCUT2D eigenvalue weighted by atomic mass is 32.1. The Balaban J connectivity index is 2.03. The van der Waals surface area contributed by atoms with Crippen molar-refractivity contribution in [2.24, 2.45) is 0 Å². The molecule has 28 heavy (non-hydrogen) atoms. The molecule has 6 heteroatoms. The largest absolute Gasteiger partial charge is 0.497 e. The van der Waals surface area contributed by atoms with E-state index in [0.717, 1.165) is 33.6 Å². The van der Waals surface area contributed by atoms with Gasteiger partial charge in [-0.3, -0.25) is 0 Å². The van der Waals surface area contributed by atoms with E-state index in [1.54, 1.807) is 19.3 Å². The van der Waals surface area contributed by atoms with Crippen LogP contribution < -0.4 is 15.2 Å². The number of anilines is 1. The highest BCUT2D eigenvalue weighted by Gasteiger charge is 2.33. The first-order valence-electron chi connectivity index (χ1n) is 8.70. The van der Waals surface area contributed by atoms with E-state index in [2.05, 4.69) is 23.1 Å². The second kappa shape index (κ2) is 6.98. The predicted molar refractivity (Wildman–Crippen MR) is 114 cm³/mol. The standard InChI is InChI=1S/C22H19N3O2S/c1-4-12-8-11-16-17(13-6-9-14(26-3)10-7-13)18-20(23)24-22(28)25-21(18)27-19(16)15(12)5-2/h4-11,17H,1-2H2,3H3,(H3,23,24,25,28). The number of nitrogens with two attached hydrogens (primary N) is 1. The molecule has 0 radical (unpaired) electrons. The van der Waals surface area contributed by atoms with Gasteiger partial charge >= 0.3 is 0 Å². The van der Waals surface area contributed by atoms with Crippen molar-refractivity contribution in [1.82, 2.24) is 9.97 Å². The van der Waals surface area contributed by atoms with Gasteiger partial charge in [0.05, 0.1) is 12.7 Å². The third-order valence-corrected chi connectivity index (χ3v) is 5.09. The van der Waals surface area contributed by atoms with E-state index in [-0.39, 0.29) is 10.7 Å². The van der Waals surface area contributed by atoms with Crippen LogP contribution in [0.3, 0.4) is 0 Å². The van der Waals surface area contributed by atoms with Gasteiger partial charge in [-0.1, -0.05) is 49.6 Å². The first-order valence-corrected chi connectivity index (χ1v) is 9.11. The quantitative estimate of drug-likeness (QED) is 0.463. The van der Waals surface area contributed by atoms with Gasteiger partial charge in [-0.15, -0.1) is 0 Å². The van der Waals surface area contributed by atoms with Crippen LogP contribution >= 0.6 is 12.2 Å². The van der Waals surface area contributed by atoms with Gasteiger partial charge in [0.15, 0.2) is 0 Å². The Kier molecular flexibility index (Phi) is 4.49. The fourth-order valence-corrected chi connectivity index (χ4v) is 3.78. The molecule has 140 valence electrons. The molecule has 1 unspecified atom stereocenters. The normalized spacial score (nSPS) is 14.4. The molecule has 2 aromatic carbocycles. The SMILES string of the molecule is C=Cc1ccc2c(c1C=C)Oc1nc(=S)[nH]c(N)c1C2c1ccc(OC)cc1. The van der Waals surface area contributed by atoms with E-state index in [9.17, 15) is 0 Å². The van der Waals surface area contributed by atoms with Crippen molar-refractivity contribution in [1.29, 1.82) is 0 Å². The number of H-pyrrole nitrogens is 1. The number of methoxy groups -OCH3 is 1. The van der Waals surface area contributed by atoms with E-state index >= 15 is 0 Å². The molecule has 1 aromatic heterocycles. The third-order valence-electron chi connectivity index (χ3n) is 4.90. The lowest BCUT2D eigenvalue weighted by Gasteiger charge is -2.30. The van der Waals surface area contributed by atoms with Crippen molar-refractivity contribution in [2.45, 2.75) is 5.92 Å². The van der Waals surface area contributed by atoms with Crippen molar-refractivity contribution in [3.63, 3.8) is 0 Å². The molecule has 0 saturated carbocycles. The molecular formula is C22H19N3O2S. The van der Waals surface area contributed by atoms with E-state index < -0.39 is 0 Å². The lowest BCUT2D eigenvalue weighted by molar-refractivity contribution is 0.414. The minimum absolute atomic E-state index is 0.179. The number of fused-ring (bicyclic) bond motifs is 2. The smallest absolute Gasteiger partial charge is 0.229 e. The van der Waals surface area contributed by atoms with Gasteiger partial charge in [-0.25, -0.2) is 0 Å².